The van der Waals surface area contributed by atoms with Gasteiger partial charge in [0.1, 0.15) is 6.04 Å². The monoisotopic (exact) mass is 492 g/mol. The molecule has 0 aliphatic heterocycles. The van der Waals surface area contributed by atoms with Crippen LogP contribution >= 0.6 is 11.6 Å². The van der Waals surface area contributed by atoms with E-state index in [4.69, 9.17) is 16.7 Å². The summed E-state index contributed by atoms with van der Waals surface area (Å²) >= 11 is 6.24. The van der Waals surface area contributed by atoms with Gasteiger partial charge in [0.05, 0.1) is 6.04 Å². The van der Waals surface area contributed by atoms with Crippen molar-refractivity contribution in [2.45, 2.75) is 53.1 Å². The van der Waals surface area contributed by atoms with E-state index >= 15 is 0 Å². The van der Waals surface area contributed by atoms with Gasteiger partial charge in [-0.2, -0.15) is 0 Å². The van der Waals surface area contributed by atoms with Crippen LogP contribution in [0.4, 0.5) is 5.69 Å². The van der Waals surface area contributed by atoms with E-state index in [9.17, 15) is 9.59 Å². The molecule has 0 aliphatic carbocycles. The topological polar surface area (TPSA) is 69.6 Å². The molecule has 6 heteroatoms. The van der Waals surface area contributed by atoms with Gasteiger partial charge in [-0.3, -0.25) is 9.59 Å². The predicted octanol–water partition coefficient (Wildman–Crippen LogP) is 6.72. The number of aryl methyl sites for hydroxylation is 3. The lowest BCUT2D eigenvalue weighted by molar-refractivity contribution is -0.138. The van der Waals surface area contributed by atoms with E-state index in [1.165, 1.54) is 12.5 Å². The maximum Gasteiger partial charge on any atom is 0.325 e. The fourth-order valence-corrected chi connectivity index (χ4v) is 4.63. The smallest absolute Gasteiger partial charge is 0.325 e. The first-order valence-corrected chi connectivity index (χ1v) is 12.2. The first-order valence-electron chi connectivity index (χ1n) is 11.8. The Morgan fingerprint density at radius 2 is 1.63 bits per heavy atom. The van der Waals surface area contributed by atoms with Crippen molar-refractivity contribution in [3.05, 3.63) is 87.4 Å². The molecule has 0 saturated carbocycles. The first-order chi connectivity index (χ1) is 16.5. The molecule has 0 unspecified atom stereocenters. The van der Waals surface area contributed by atoms with Crippen molar-refractivity contribution < 1.29 is 14.7 Å². The minimum absolute atomic E-state index is 0.201. The molecular weight excluding hydrogens is 460 g/mol. The molecule has 0 heterocycles. The minimum Gasteiger partial charge on any atom is -0.480 e. The average Bonchev–Trinajstić information content (AvgIpc) is 2.81. The molecule has 0 saturated heterocycles. The molecule has 35 heavy (non-hydrogen) atoms. The normalized spacial score (nSPS) is 12.7. The van der Waals surface area contributed by atoms with Crippen molar-refractivity contribution in [2.24, 2.45) is 0 Å². The largest absolute Gasteiger partial charge is 0.480 e. The highest BCUT2D eigenvalue weighted by atomic mass is 35.5. The molecule has 2 atom stereocenters. The Labute approximate surface area is 212 Å². The van der Waals surface area contributed by atoms with E-state index in [1.807, 2.05) is 45.0 Å². The number of anilines is 1. The van der Waals surface area contributed by atoms with E-state index < -0.39 is 12.0 Å². The number of amides is 1. The second-order valence-electron chi connectivity index (χ2n) is 9.11. The SMILES string of the molecule is CC[C@H](c1ccc(Cl)c(C)c1)N(C)c1cccc(-c2cc(C)c(C(=O)N[C@@H](C)C(=O)O)c(C)c2)c1. The van der Waals surface area contributed by atoms with E-state index in [0.717, 1.165) is 44.9 Å². The van der Waals surface area contributed by atoms with Gasteiger partial charge in [0.15, 0.2) is 0 Å². The standard InChI is InChI=1S/C29H33ClN2O3/c1-7-26(22-11-12-25(30)17(2)13-22)32(6)24-10-8-9-21(16-24)23-14-18(3)27(19(4)15-23)28(33)31-20(5)29(34)35/h8-16,20,26H,7H2,1-6H3,(H,31,33)(H,34,35)/t20-,26+/m0/s1. The summed E-state index contributed by atoms with van der Waals surface area (Å²) in [6, 6.07) is 17.8. The van der Waals surface area contributed by atoms with Crippen LogP contribution in [0.5, 0.6) is 0 Å². The number of benzene rings is 3. The number of carboxylic acids is 1. The second kappa shape index (κ2) is 11.0. The maximum atomic E-state index is 12.7. The molecule has 0 spiro atoms. The summed E-state index contributed by atoms with van der Waals surface area (Å²) < 4.78 is 0. The summed E-state index contributed by atoms with van der Waals surface area (Å²) in [5, 5.41) is 12.4. The van der Waals surface area contributed by atoms with Crippen molar-refractivity contribution in [2.75, 3.05) is 11.9 Å². The molecule has 5 nitrogen and oxygen atoms in total. The molecule has 0 aliphatic rings. The van der Waals surface area contributed by atoms with Crippen LogP contribution in [-0.4, -0.2) is 30.1 Å². The van der Waals surface area contributed by atoms with Crippen LogP contribution in [0, 0.1) is 20.8 Å². The van der Waals surface area contributed by atoms with E-state index in [1.54, 1.807) is 0 Å². The van der Waals surface area contributed by atoms with Gasteiger partial charge in [-0.15, -0.1) is 0 Å². The zero-order valence-electron chi connectivity index (χ0n) is 21.1. The molecule has 0 radical (unpaired) electrons. The molecule has 3 aromatic rings. The Balaban J connectivity index is 1.92. The number of hydrogen-bond acceptors (Lipinski definition) is 3. The van der Waals surface area contributed by atoms with Gasteiger partial charge in [0.2, 0.25) is 0 Å². The van der Waals surface area contributed by atoms with Gasteiger partial charge in [-0.25, -0.2) is 0 Å². The lowest BCUT2D eigenvalue weighted by Gasteiger charge is -2.30. The molecule has 0 bridgehead atoms. The molecule has 184 valence electrons. The Hall–Kier alpha value is -3.31. The van der Waals surface area contributed by atoms with Crippen LogP contribution in [0.2, 0.25) is 5.02 Å². The van der Waals surface area contributed by atoms with Crippen molar-refractivity contribution in [1.29, 1.82) is 0 Å². The third-order valence-electron chi connectivity index (χ3n) is 6.49. The zero-order valence-corrected chi connectivity index (χ0v) is 21.9. The number of nitrogens with one attached hydrogen (secondary N) is 1. The van der Waals surface area contributed by atoms with Crippen LogP contribution in [0.25, 0.3) is 11.1 Å². The van der Waals surface area contributed by atoms with Crippen molar-refractivity contribution in [3.63, 3.8) is 0 Å². The molecule has 1 amide bonds. The fourth-order valence-electron chi connectivity index (χ4n) is 4.51. The minimum atomic E-state index is -1.06. The highest BCUT2D eigenvalue weighted by molar-refractivity contribution is 6.31. The third-order valence-corrected chi connectivity index (χ3v) is 6.91. The number of carbonyl (C=O) groups is 2. The van der Waals surface area contributed by atoms with Crippen molar-refractivity contribution in [1.82, 2.24) is 5.32 Å². The van der Waals surface area contributed by atoms with E-state index in [-0.39, 0.29) is 11.9 Å². The summed E-state index contributed by atoms with van der Waals surface area (Å²) in [5.74, 6) is -1.44. The van der Waals surface area contributed by atoms with Crippen molar-refractivity contribution >= 4 is 29.2 Å². The van der Waals surface area contributed by atoms with Crippen LogP contribution in [-0.2, 0) is 4.79 Å². The number of rotatable bonds is 8. The number of hydrogen-bond donors (Lipinski definition) is 2. The zero-order chi connectivity index (χ0) is 25.9. The quantitative estimate of drug-likeness (QED) is 0.366. The highest BCUT2D eigenvalue weighted by Crippen LogP contribution is 2.33. The predicted molar refractivity (Wildman–Crippen MR) is 144 cm³/mol. The van der Waals surface area contributed by atoms with Gasteiger partial charge in [-0.1, -0.05) is 54.9 Å². The Bertz CT molecular complexity index is 1230. The van der Waals surface area contributed by atoms with Gasteiger partial charge >= 0.3 is 5.97 Å². The van der Waals surface area contributed by atoms with Crippen molar-refractivity contribution in [3.8, 4) is 11.1 Å². The van der Waals surface area contributed by atoms with Crippen LogP contribution in [0.15, 0.2) is 54.6 Å². The van der Waals surface area contributed by atoms with Gasteiger partial charge < -0.3 is 15.3 Å². The van der Waals surface area contributed by atoms with Crippen LogP contribution in [0.1, 0.15) is 58.9 Å². The summed E-state index contributed by atoms with van der Waals surface area (Å²) in [6.07, 6.45) is 0.943. The summed E-state index contributed by atoms with van der Waals surface area (Å²) in [6.45, 7) is 9.41. The first kappa shape index (κ1) is 26.3. The summed E-state index contributed by atoms with van der Waals surface area (Å²) in [7, 11) is 2.10. The number of halogens is 1. The van der Waals surface area contributed by atoms with E-state index in [2.05, 4.69) is 54.5 Å². The average molecular weight is 493 g/mol. The number of carboxylic acid groups (broad SMARTS) is 1. The molecular formula is C29H33ClN2O3. The second-order valence-corrected chi connectivity index (χ2v) is 9.52. The van der Waals surface area contributed by atoms with E-state index in [0.29, 0.717) is 5.56 Å². The fraction of sp³-hybridized carbons (Fsp3) is 0.310. The highest BCUT2D eigenvalue weighted by Gasteiger charge is 2.20. The Morgan fingerprint density at radius 3 is 2.20 bits per heavy atom. The van der Waals surface area contributed by atoms with Gasteiger partial charge in [0.25, 0.3) is 5.91 Å². The molecule has 0 fully saturated rings. The lowest BCUT2D eigenvalue weighted by atomic mass is 9.94. The Morgan fingerprint density at radius 1 is 0.971 bits per heavy atom. The molecule has 2 N–H and O–H groups in total. The van der Waals surface area contributed by atoms with Gasteiger partial charge in [-0.05, 0) is 85.7 Å². The molecule has 3 rings (SSSR count). The summed E-state index contributed by atoms with van der Waals surface area (Å²) in [4.78, 5) is 26.1. The van der Waals surface area contributed by atoms with Crippen LogP contribution < -0.4 is 10.2 Å². The number of carbonyl (C=O) groups excluding carboxylic acids is 1. The van der Waals surface area contributed by atoms with Crippen LogP contribution in [0.3, 0.4) is 0 Å². The summed E-state index contributed by atoms with van der Waals surface area (Å²) in [5.41, 5.74) is 7.56. The lowest BCUT2D eigenvalue weighted by Crippen LogP contribution is -2.38. The maximum absolute atomic E-state index is 12.7. The molecule has 0 aromatic heterocycles. The van der Waals surface area contributed by atoms with Gasteiger partial charge in [0, 0.05) is 23.3 Å². The number of nitrogens with zero attached hydrogens (tertiary/aromatic N) is 1. The Kier molecular flexibility index (Phi) is 8.23. The molecule has 3 aromatic carbocycles. The number of aliphatic carboxylic acids is 1. The third kappa shape index (κ3) is 5.85.